The molecule has 0 spiro atoms. The van der Waals surface area contributed by atoms with Crippen molar-refractivity contribution in [2.75, 3.05) is 13.2 Å². The molecule has 4 nitrogen and oxygen atoms in total. The lowest BCUT2D eigenvalue weighted by Crippen LogP contribution is -2.51. The molecule has 0 amide bonds. The summed E-state index contributed by atoms with van der Waals surface area (Å²) in [6.45, 7) is 2.38. The van der Waals surface area contributed by atoms with E-state index < -0.39 is 17.5 Å². The van der Waals surface area contributed by atoms with Gasteiger partial charge in [-0.15, -0.1) is 0 Å². The predicted octanol–water partition coefficient (Wildman–Crippen LogP) is 0.0394. The lowest BCUT2D eigenvalue weighted by molar-refractivity contribution is -0.165. The molecule has 0 bridgehead atoms. The first kappa shape index (κ1) is 10.5. The van der Waals surface area contributed by atoms with Crippen molar-refractivity contribution in [2.45, 2.75) is 32.3 Å². The van der Waals surface area contributed by atoms with Crippen LogP contribution < -0.4 is 5.73 Å². The van der Waals surface area contributed by atoms with Crippen LogP contribution in [0.5, 0.6) is 0 Å². The van der Waals surface area contributed by atoms with Gasteiger partial charge in [0, 0.05) is 12.0 Å². The fourth-order valence-corrected chi connectivity index (χ4v) is 1.69. The van der Waals surface area contributed by atoms with Crippen molar-refractivity contribution in [3.8, 4) is 0 Å². The second kappa shape index (κ2) is 4.07. The quantitative estimate of drug-likeness (QED) is 0.609. The average molecular weight is 187 g/mol. The Balaban J connectivity index is 2.53. The van der Waals surface area contributed by atoms with Gasteiger partial charge in [0.15, 0.2) is 6.10 Å². The van der Waals surface area contributed by atoms with E-state index in [4.69, 9.17) is 10.5 Å². The molecule has 3 N–H and O–H groups in total. The Bertz CT molecular complexity index is 184. The molecular weight excluding hydrogens is 170 g/mol. The van der Waals surface area contributed by atoms with E-state index in [0.717, 1.165) is 19.3 Å². The van der Waals surface area contributed by atoms with Crippen molar-refractivity contribution in [1.29, 1.82) is 0 Å². The monoisotopic (exact) mass is 187 g/mol. The smallest absolute Gasteiger partial charge is 0.335 e. The zero-order valence-electron chi connectivity index (χ0n) is 7.95. The highest BCUT2D eigenvalue weighted by atomic mass is 16.5. The third-order valence-electron chi connectivity index (χ3n) is 2.85. The Hall–Kier alpha value is -0.610. The number of hydrogen-bond acceptors (Lipinski definition) is 4. The molecule has 1 unspecified atom stereocenters. The molecule has 0 aromatic rings. The maximum absolute atomic E-state index is 11.2. The molecule has 4 heteroatoms. The average Bonchev–Trinajstić information content (AvgIpc) is 2.03. The van der Waals surface area contributed by atoms with Crippen LogP contribution >= 0.6 is 0 Å². The zero-order valence-corrected chi connectivity index (χ0v) is 7.95. The Morgan fingerprint density at radius 2 is 2.31 bits per heavy atom. The van der Waals surface area contributed by atoms with E-state index in [-0.39, 0.29) is 0 Å². The lowest BCUT2D eigenvalue weighted by Gasteiger charge is -2.43. The molecule has 0 saturated heterocycles. The normalized spacial score (nSPS) is 21.8. The van der Waals surface area contributed by atoms with Crippen LogP contribution in [0.4, 0.5) is 0 Å². The minimum absolute atomic E-state index is 0.302. The molecule has 1 aliphatic rings. The molecule has 1 saturated carbocycles. The van der Waals surface area contributed by atoms with Gasteiger partial charge in [-0.3, -0.25) is 0 Å². The van der Waals surface area contributed by atoms with Gasteiger partial charge in [-0.05, 0) is 19.8 Å². The molecule has 0 radical (unpaired) electrons. The summed E-state index contributed by atoms with van der Waals surface area (Å²) in [6, 6.07) is 0. The third-order valence-corrected chi connectivity index (χ3v) is 2.85. The second-order valence-corrected chi connectivity index (χ2v) is 3.57. The highest BCUT2D eigenvalue weighted by molar-refractivity contribution is 5.75. The van der Waals surface area contributed by atoms with Gasteiger partial charge < -0.3 is 15.6 Å². The number of nitrogens with two attached hydrogens (primary N) is 1. The molecule has 1 aliphatic carbocycles. The number of carbonyl (C=O) groups is 1. The summed E-state index contributed by atoms with van der Waals surface area (Å²) in [5.41, 5.74) is 5.14. The summed E-state index contributed by atoms with van der Waals surface area (Å²) in [7, 11) is 0. The van der Waals surface area contributed by atoms with Gasteiger partial charge in [0.1, 0.15) is 0 Å². The van der Waals surface area contributed by atoms with Crippen molar-refractivity contribution in [1.82, 2.24) is 0 Å². The van der Waals surface area contributed by atoms with E-state index in [1.807, 2.05) is 0 Å². The topological polar surface area (TPSA) is 72.5 Å². The minimum atomic E-state index is -1.04. The number of ether oxygens (including phenoxy) is 1. The number of hydrogen-bond donors (Lipinski definition) is 2. The van der Waals surface area contributed by atoms with Crippen LogP contribution in [0.3, 0.4) is 0 Å². The molecule has 0 heterocycles. The van der Waals surface area contributed by atoms with Gasteiger partial charge >= 0.3 is 5.97 Å². The maximum atomic E-state index is 11.2. The van der Waals surface area contributed by atoms with Crippen molar-refractivity contribution in [2.24, 2.45) is 11.1 Å². The molecule has 1 atom stereocenters. The first-order valence-electron chi connectivity index (χ1n) is 4.71. The maximum Gasteiger partial charge on any atom is 0.335 e. The van der Waals surface area contributed by atoms with E-state index >= 15 is 0 Å². The van der Waals surface area contributed by atoms with Gasteiger partial charge in [-0.1, -0.05) is 6.42 Å². The Labute approximate surface area is 78.1 Å². The van der Waals surface area contributed by atoms with Gasteiger partial charge in [0.25, 0.3) is 0 Å². The summed E-state index contributed by atoms with van der Waals surface area (Å²) in [6.07, 6.45) is 1.65. The van der Waals surface area contributed by atoms with Gasteiger partial charge in [-0.2, -0.15) is 0 Å². The van der Waals surface area contributed by atoms with Crippen molar-refractivity contribution in [3.63, 3.8) is 0 Å². The van der Waals surface area contributed by atoms with Gasteiger partial charge in [-0.25, -0.2) is 4.79 Å². The summed E-state index contributed by atoms with van der Waals surface area (Å²) in [4.78, 5) is 11.2. The first-order chi connectivity index (χ1) is 6.16. The minimum Gasteiger partial charge on any atom is -0.464 e. The van der Waals surface area contributed by atoms with E-state index in [1.165, 1.54) is 0 Å². The standard InChI is InChI=1S/C9H17NO3/c1-2-13-8(12)7(11)9(6-10)4-3-5-9/h7,11H,2-6,10H2,1H3. The molecule has 76 valence electrons. The summed E-state index contributed by atoms with van der Waals surface area (Å²) < 4.78 is 4.74. The fourth-order valence-electron chi connectivity index (χ4n) is 1.69. The number of esters is 1. The number of carbonyl (C=O) groups excluding carboxylic acids is 1. The molecular formula is C9H17NO3. The first-order valence-corrected chi connectivity index (χ1v) is 4.71. The molecule has 0 aromatic heterocycles. The lowest BCUT2D eigenvalue weighted by atomic mass is 9.65. The Kier molecular flexibility index (Phi) is 3.27. The van der Waals surface area contributed by atoms with Crippen LogP contribution in [0.2, 0.25) is 0 Å². The Morgan fingerprint density at radius 3 is 2.62 bits per heavy atom. The van der Waals surface area contributed by atoms with Crippen molar-refractivity contribution < 1.29 is 14.6 Å². The predicted molar refractivity (Wildman–Crippen MR) is 48.0 cm³/mol. The van der Waals surface area contributed by atoms with E-state index in [0.29, 0.717) is 13.2 Å². The number of rotatable bonds is 4. The molecule has 1 rings (SSSR count). The van der Waals surface area contributed by atoms with E-state index in [2.05, 4.69) is 0 Å². The molecule has 13 heavy (non-hydrogen) atoms. The SMILES string of the molecule is CCOC(=O)C(O)C1(CN)CCC1. The molecule has 1 fully saturated rings. The van der Waals surface area contributed by atoms with Crippen molar-refractivity contribution in [3.05, 3.63) is 0 Å². The van der Waals surface area contributed by atoms with Gasteiger partial charge in [0.05, 0.1) is 6.61 Å². The Morgan fingerprint density at radius 1 is 1.69 bits per heavy atom. The summed E-state index contributed by atoms with van der Waals surface area (Å²) >= 11 is 0. The second-order valence-electron chi connectivity index (χ2n) is 3.57. The highest BCUT2D eigenvalue weighted by Gasteiger charge is 2.46. The van der Waals surface area contributed by atoms with E-state index in [1.54, 1.807) is 6.92 Å². The largest absolute Gasteiger partial charge is 0.464 e. The van der Waals surface area contributed by atoms with Crippen LogP contribution in [-0.2, 0) is 9.53 Å². The number of aliphatic hydroxyl groups is 1. The third kappa shape index (κ3) is 1.84. The fraction of sp³-hybridized carbons (Fsp3) is 0.889. The van der Waals surface area contributed by atoms with E-state index in [9.17, 15) is 9.90 Å². The molecule has 0 aliphatic heterocycles. The molecule has 0 aromatic carbocycles. The number of aliphatic hydroxyl groups excluding tert-OH is 1. The van der Waals surface area contributed by atoms with Crippen LogP contribution in [0, 0.1) is 5.41 Å². The highest BCUT2D eigenvalue weighted by Crippen LogP contribution is 2.43. The van der Waals surface area contributed by atoms with Crippen LogP contribution in [0.1, 0.15) is 26.2 Å². The van der Waals surface area contributed by atoms with Crippen LogP contribution in [-0.4, -0.2) is 30.3 Å². The van der Waals surface area contributed by atoms with Crippen molar-refractivity contribution >= 4 is 5.97 Å². The van der Waals surface area contributed by atoms with Crippen LogP contribution in [0.25, 0.3) is 0 Å². The van der Waals surface area contributed by atoms with Crippen LogP contribution in [0.15, 0.2) is 0 Å². The summed E-state index contributed by atoms with van der Waals surface area (Å²) in [5, 5.41) is 9.66. The van der Waals surface area contributed by atoms with Gasteiger partial charge in [0.2, 0.25) is 0 Å². The zero-order chi connectivity index (χ0) is 9.90. The summed E-state index contributed by atoms with van der Waals surface area (Å²) in [5.74, 6) is -0.535.